The fraction of sp³-hybridized carbons (Fsp3) is 1.00. The van der Waals surface area contributed by atoms with Crippen molar-refractivity contribution in [2.75, 3.05) is 0 Å². The van der Waals surface area contributed by atoms with E-state index < -0.39 is 9.87 Å². The van der Waals surface area contributed by atoms with Crippen molar-refractivity contribution >= 4 is 25.3 Å². The van der Waals surface area contributed by atoms with Crippen LogP contribution in [-0.4, -0.2) is 20.1 Å². The van der Waals surface area contributed by atoms with Crippen LogP contribution in [0, 0.1) is 0 Å². The molecule has 0 aromatic heterocycles. The van der Waals surface area contributed by atoms with Crippen LogP contribution in [0.15, 0.2) is 0 Å². The lowest BCUT2D eigenvalue weighted by Gasteiger charge is -2.32. The van der Waals surface area contributed by atoms with E-state index in [9.17, 15) is 5.11 Å². The standard InChI is InChI=1S/C5H12O2S2/c1-3-5(7,9)4(2,6)8/h6-9H,3H2,1-2H3. The maximum Gasteiger partial charge on any atom is 0.144 e. The van der Waals surface area contributed by atoms with Gasteiger partial charge in [0.2, 0.25) is 0 Å². The Morgan fingerprint density at radius 3 is 1.67 bits per heavy atom. The van der Waals surface area contributed by atoms with Crippen LogP contribution in [0.5, 0.6) is 0 Å². The Kier molecular flexibility index (Phi) is 2.88. The molecule has 0 saturated heterocycles. The number of hydrogen-bond acceptors (Lipinski definition) is 4. The van der Waals surface area contributed by atoms with Gasteiger partial charge in [0.1, 0.15) is 9.87 Å². The fourth-order valence-electron chi connectivity index (χ4n) is 0.335. The smallest absolute Gasteiger partial charge is 0.144 e. The highest BCUT2D eigenvalue weighted by Gasteiger charge is 2.37. The number of rotatable bonds is 2. The number of aliphatic hydroxyl groups is 2. The van der Waals surface area contributed by atoms with Gasteiger partial charge in [-0.1, -0.05) is 6.92 Å². The molecule has 9 heavy (non-hydrogen) atoms. The zero-order chi connectivity index (χ0) is 7.71. The SMILES string of the molecule is CCC(O)(S)C(C)(O)S. The second-order valence-corrected chi connectivity index (χ2v) is 3.80. The third kappa shape index (κ3) is 2.37. The van der Waals surface area contributed by atoms with Crippen molar-refractivity contribution in [1.82, 2.24) is 0 Å². The van der Waals surface area contributed by atoms with Gasteiger partial charge >= 0.3 is 0 Å². The summed E-state index contributed by atoms with van der Waals surface area (Å²) in [5, 5.41) is 18.3. The van der Waals surface area contributed by atoms with Crippen LogP contribution >= 0.6 is 25.3 Å². The summed E-state index contributed by atoms with van der Waals surface area (Å²) in [4.78, 5) is -2.85. The molecule has 0 aliphatic rings. The molecule has 0 aromatic carbocycles. The Bertz CT molecular complexity index is 95.6. The van der Waals surface area contributed by atoms with Crippen LogP contribution in [0.3, 0.4) is 0 Å². The summed E-state index contributed by atoms with van der Waals surface area (Å²) in [7, 11) is 0. The minimum atomic E-state index is -1.44. The summed E-state index contributed by atoms with van der Waals surface area (Å²) in [5.41, 5.74) is 0. The van der Waals surface area contributed by atoms with Gasteiger partial charge < -0.3 is 10.2 Å². The zero-order valence-electron chi connectivity index (χ0n) is 5.50. The Hall–Kier alpha value is 0.620. The molecule has 2 N–H and O–H groups in total. The minimum absolute atomic E-state index is 0.354. The molecule has 0 spiro atoms. The van der Waals surface area contributed by atoms with Gasteiger partial charge in [0, 0.05) is 0 Å². The molecule has 0 aromatic rings. The predicted molar refractivity (Wildman–Crippen MR) is 43.8 cm³/mol. The summed E-state index contributed by atoms with van der Waals surface area (Å²) in [5.74, 6) is 0. The van der Waals surface area contributed by atoms with E-state index in [0.29, 0.717) is 6.42 Å². The average molecular weight is 168 g/mol. The Morgan fingerprint density at radius 1 is 1.33 bits per heavy atom. The van der Waals surface area contributed by atoms with E-state index in [4.69, 9.17) is 5.11 Å². The van der Waals surface area contributed by atoms with Gasteiger partial charge in [-0.05, 0) is 13.3 Å². The molecule has 0 radical (unpaired) electrons. The number of hydrogen-bond donors (Lipinski definition) is 4. The maximum absolute atomic E-state index is 9.20. The second kappa shape index (κ2) is 2.70. The molecule has 0 amide bonds. The van der Waals surface area contributed by atoms with Gasteiger partial charge in [-0.3, -0.25) is 0 Å². The van der Waals surface area contributed by atoms with E-state index in [0.717, 1.165) is 0 Å². The lowest BCUT2D eigenvalue weighted by molar-refractivity contribution is -0.0191. The van der Waals surface area contributed by atoms with Crippen LogP contribution in [0.25, 0.3) is 0 Å². The Labute approximate surface area is 66.1 Å². The normalized spacial score (nSPS) is 24.7. The van der Waals surface area contributed by atoms with Crippen LogP contribution in [0.4, 0.5) is 0 Å². The lowest BCUT2D eigenvalue weighted by Crippen LogP contribution is -2.42. The molecule has 0 fully saturated rings. The first-order valence-corrected chi connectivity index (χ1v) is 3.60. The van der Waals surface area contributed by atoms with Gasteiger partial charge in [0.05, 0.1) is 0 Å². The van der Waals surface area contributed by atoms with Crippen LogP contribution in [0.2, 0.25) is 0 Å². The highest BCUT2D eigenvalue weighted by molar-refractivity contribution is 7.86. The summed E-state index contributed by atoms with van der Waals surface area (Å²) in [6.07, 6.45) is 0.354. The van der Waals surface area contributed by atoms with Gasteiger partial charge in [-0.2, -0.15) is 0 Å². The van der Waals surface area contributed by atoms with E-state index in [1.54, 1.807) is 6.92 Å². The first-order chi connectivity index (χ1) is 3.81. The topological polar surface area (TPSA) is 40.5 Å². The summed E-state index contributed by atoms with van der Waals surface area (Å²) in [6, 6.07) is 0. The third-order valence-corrected chi connectivity index (χ3v) is 2.55. The van der Waals surface area contributed by atoms with E-state index in [-0.39, 0.29) is 0 Å². The highest BCUT2D eigenvalue weighted by atomic mass is 32.1. The van der Waals surface area contributed by atoms with Gasteiger partial charge in [0.25, 0.3) is 0 Å². The fourth-order valence-corrected chi connectivity index (χ4v) is 0.493. The first-order valence-electron chi connectivity index (χ1n) is 2.71. The second-order valence-electron chi connectivity index (χ2n) is 2.19. The number of thiol groups is 2. The molecule has 2 atom stereocenters. The molecule has 0 heterocycles. The van der Waals surface area contributed by atoms with Gasteiger partial charge in [0.15, 0.2) is 0 Å². The maximum atomic E-state index is 9.20. The van der Waals surface area contributed by atoms with Gasteiger partial charge in [-0.25, -0.2) is 0 Å². The first kappa shape index (κ1) is 9.62. The molecule has 4 heteroatoms. The van der Waals surface area contributed by atoms with E-state index in [2.05, 4.69) is 25.3 Å². The van der Waals surface area contributed by atoms with Crippen molar-refractivity contribution in [3.05, 3.63) is 0 Å². The Balaban J connectivity index is 4.14. The minimum Gasteiger partial charge on any atom is -0.376 e. The Morgan fingerprint density at radius 2 is 1.67 bits per heavy atom. The molecule has 0 aliphatic carbocycles. The van der Waals surface area contributed by atoms with Crippen LogP contribution < -0.4 is 0 Å². The van der Waals surface area contributed by atoms with Crippen molar-refractivity contribution in [2.24, 2.45) is 0 Å². The third-order valence-electron chi connectivity index (χ3n) is 1.25. The summed E-state index contributed by atoms with van der Waals surface area (Å²) >= 11 is 7.54. The zero-order valence-corrected chi connectivity index (χ0v) is 7.28. The van der Waals surface area contributed by atoms with Crippen molar-refractivity contribution < 1.29 is 10.2 Å². The van der Waals surface area contributed by atoms with Crippen molar-refractivity contribution in [3.63, 3.8) is 0 Å². The molecule has 0 bridgehead atoms. The van der Waals surface area contributed by atoms with Gasteiger partial charge in [-0.15, -0.1) is 25.3 Å². The molecular weight excluding hydrogens is 156 g/mol. The van der Waals surface area contributed by atoms with Crippen molar-refractivity contribution in [3.8, 4) is 0 Å². The molecule has 0 aliphatic heterocycles. The molecule has 0 rings (SSSR count). The van der Waals surface area contributed by atoms with Crippen molar-refractivity contribution in [1.29, 1.82) is 0 Å². The van der Waals surface area contributed by atoms with Crippen molar-refractivity contribution in [2.45, 2.75) is 30.1 Å². The highest BCUT2D eigenvalue weighted by Crippen LogP contribution is 2.31. The van der Waals surface area contributed by atoms with Crippen LogP contribution in [0.1, 0.15) is 20.3 Å². The molecule has 2 nitrogen and oxygen atoms in total. The van der Waals surface area contributed by atoms with Crippen LogP contribution in [-0.2, 0) is 0 Å². The summed E-state index contributed by atoms with van der Waals surface area (Å²) in [6.45, 7) is 3.12. The monoisotopic (exact) mass is 168 g/mol. The van der Waals surface area contributed by atoms with E-state index in [1.807, 2.05) is 0 Å². The largest absolute Gasteiger partial charge is 0.376 e. The summed E-state index contributed by atoms with van der Waals surface area (Å²) < 4.78 is 0. The molecule has 0 saturated carbocycles. The molecular formula is C5H12O2S2. The predicted octanol–water partition coefficient (Wildman–Crippen LogP) is 0.653. The van der Waals surface area contributed by atoms with E-state index in [1.165, 1.54) is 6.92 Å². The lowest BCUT2D eigenvalue weighted by atomic mass is 10.1. The average Bonchev–Trinajstić information content (AvgIpc) is 1.64. The van der Waals surface area contributed by atoms with E-state index >= 15 is 0 Å². The quantitative estimate of drug-likeness (QED) is 0.361. The molecule has 2 unspecified atom stereocenters. The molecule has 56 valence electrons.